The molecule has 1 aromatic carbocycles. The zero-order chi connectivity index (χ0) is 23.4. The molecular formula is C24H30ClN3O3S2. The number of carbonyl (C=O) groups excluding carboxylic acids is 2. The summed E-state index contributed by atoms with van der Waals surface area (Å²) in [6, 6.07) is 7.92. The molecule has 3 heterocycles. The fraction of sp³-hybridized carbons (Fsp3) is 0.542. The predicted molar refractivity (Wildman–Crippen MR) is 137 cm³/mol. The quantitative estimate of drug-likeness (QED) is 0.473. The summed E-state index contributed by atoms with van der Waals surface area (Å²) in [6.07, 6.45) is 4.24. The van der Waals surface area contributed by atoms with Gasteiger partial charge in [0, 0.05) is 36.3 Å². The van der Waals surface area contributed by atoms with Gasteiger partial charge >= 0.3 is 5.97 Å². The molecule has 0 radical (unpaired) electrons. The summed E-state index contributed by atoms with van der Waals surface area (Å²) < 4.78 is 5.99. The van der Waals surface area contributed by atoms with E-state index in [0.717, 1.165) is 61.9 Å². The minimum atomic E-state index is -0.284. The molecule has 4 rings (SSSR count). The maximum absolute atomic E-state index is 13.1. The molecule has 2 aromatic rings. The molecule has 6 nitrogen and oxygen atoms in total. The second kappa shape index (κ2) is 11.0. The highest BCUT2D eigenvalue weighted by molar-refractivity contribution is 7.80. The van der Waals surface area contributed by atoms with Gasteiger partial charge in [0.2, 0.25) is 0 Å². The number of amides is 1. The van der Waals surface area contributed by atoms with Gasteiger partial charge in [0.05, 0.1) is 11.6 Å². The Morgan fingerprint density at radius 1 is 1.09 bits per heavy atom. The molecular weight excluding hydrogens is 478 g/mol. The number of carbonyl (C=O) groups is 2. The molecule has 33 heavy (non-hydrogen) atoms. The number of benzene rings is 1. The number of halogens is 1. The van der Waals surface area contributed by atoms with Crippen LogP contribution in [0.4, 0.5) is 0 Å². The molecule has 0 unspecified atom stereocenters. The van der Waals surface area contributed by atoms with Crippen LogP contribution in [0.5, 0.6) is 0 Å². The number of nitrogens with zero attached hydrogens (tertiary/aromatic N) is 2. The molecule has 2 saturated heterocycles. The first-order valence-corrected chi connectivity index (χ1v) is 13.2. The van der Waals surface area contributed by atoms with E-state index in [1.807, 2.05) is 29.2 Å². The summed E-state index contributed by atoms with van der Waals surface area (Å²) >= 11 is 13.5. The minimum Gasteiger partial charge on any atom is -0.465 e. The number of rotatable bonds is 5. The normalized spacial score (nSPS) is 17.9. The van der Waals surface area contributed by atoms with Gasteiger partial charge in [-0.15, -0.1) is 11.3 Å². The van der Waals surface area contributed by atoms with E-state index in [1.54, 1.807) is 6.92 Å². The molecule has 2 aliphatic heterocycles. The number of hydrogen-bond donors (Lipinski definition) is 1. The molecule has 0 aliphatic carbocycles. The average molecular weight is 508 g/mol. The SMILES string of the molecule is CCOC(=O)CNC(=S)N1CCC(C2CCN(C(=O)c3sc4ccccc4c3Cl)CC2)CC1. The molecule has 1 aromatic heterocycles. The summed E-state index contributed by atoms with van der Waals surface area (Å²) in [6.45, 7) is 5.65. The predicted octanol–water partition coefficient (Wildman–Crippen LogP) is 4.56. The third-order valence-corrected chi connectivity index (χ3v) is 8.80. The molecule has 0 spiro atoms. The monoisotopic (exact) mass is 507 g/mol. The number of piperidine rings is 2. The van der Waals surface area contributed by atoms with Crippen molar-refractivity contribution in [3.05, 3.63) is 34.2 Å². The molecule has 1 N–H and O–H groups in total. The summed E-state index contributed by atoms with van der Waals surface area (Å²) in [5.41, 5.74) is 0. The van der Waals surface area contributed by atoms with Gasteiger partial charge in [-0.05, 0) is 62.7 Å². The molecule has 0 atom stereocenters. The van der Waals surface area contributed by atoms with Crippen molar-refractivity contribution >= 4 is 62.2 Å². The van der Waals surface area contributed by atoms with E-state index in [2.05, 4.69) is 10.2 Å². The van der Waals surface area contributed by atoms with Crippen LogP contribution in [0.15, 0.2) is 24.3 Å². The number of esters is 1. The summed E-state index contributed by atoms with van der Waals surface area (Å²) in [4.78, 5) is 29.4. The van der Waals surface area contributed by atoms with Crippen molar-refractivity contribution in [2.45, 2.75) is 32.6 Å². The van der Waals surface area contributed by atoms with Gasteiger partial charge in [-0.1, -0.05) is 29.8 Å². The van der Waals surface area contributed by atoms with Gasteiger partial charge in [0.15, 0.2) is 5.11 Å². The number of nitrogens with one attached hydrogen (secondary N) is 1. The Morgan fingerprint density at radius 2 is 1.70 bits per heavy atom. The van der Waals surface area contributed by atoms with Crippen molar-refractivity contribution in [1.29, 1.82) is 0 Å². The van der Waals surface area contributed by atoms with Crippen molar-refractivity contribution < 1.29 is 14.3 Å². The third-order valence-electron chi connectivity index (χ3n) is 6.74. The second-order valence-electron chi connectivity index (χ2n) is 8.66. The van der Waals surface area contributed by atoms with E-state index in [4.69, 9.17) is 28.6 Å². The lowest BCUT2D eigenvalue weighted by molar-refractivity contribution is -0.141. The second-order valence-corrected chi connectivity index (χ2v) is 10.5. The van der Waals surface area contributed by atoms with Gasteiger partial charge in [-0.25, -0.2) is 0 Å². The maximum atomic E-state index is 13.1. The fourth-order valence-corrected chi connectivity index (χ4v) is 6.65. The first-order chi connectivity index (χ1) is 16.0. The van der Waals surface area contributed by atoms with Crippen LogP contribution in [-0.2, 0) is 9.53 Å². The number of fused-ring (bicyclic) bond motifs is 1. The summed E-state index contributed by atoms with van der Waals surface area (Å²) in [5, 5.41) is 5.18. The number of hydrogen-bond acceptors (Lipinski definition) is 5. The van der Waals surface area contributed by atoms with E-state index >= 15 is 0 Å². The lowest BCUT2D eigenvalue weighted by Gasteiger charge is -2.40. The fourth-order valence-electron chi connectivity index (χ4n) is 4.91. The Morgan fingerprint density at radius 3 is 2.30 bits per heavy atom. The van der Waals surface area contributed by atoms with Crippen LogP contribution in [-0.4, -0.2) is 66.1 Å². The van der Waals surface area contributed by atoms with Crippen LogP contribution in [0.1, 0.15) is 42.3 Å². The Bertz CT molecular complexity index is 1010. The zero-order valence-electron chi connectivity index (χ0n) is 18.8. The third kappa shape index (κ3) is 5.61. The smallest absolute Gasteiger partial charge is 0.325 e. The number of thiocarbonyl (C=S) groups is 1. The van der Waals surface area contributed by atoms with Gasteiger partial charge in [-0.2, -0.15) is 0 Å². The highest BCUT2D eigenvalue weighted by atomic mass is 35.5. The van der Waals surface area contributed by atoms with Crippen molar-refractivity contribution in [3.8, 4) is 0 Å². The molecule has 0 bridgehead atoms. The van der Waals surface area contributed by atoms with Crippen LogP contribution in [0.25, 0.3) is 10.1 Å². The van der Waals surface area contributed by atoms with Crippen LogP contribution < -0.4 is 5.32 Å². The highest BCUT2D eigenvalue weighted by Crippen LogP contribution is 2.37. The summed E-state index contributed by atoms with van der Waals surface area (Å²) in [5.74, 6) is 1.06. The number of ether oxygens (including phenoxy) is 1. The summed E-state index contributed by atoms with van der Waals surface area (Å²) in [7, 11) is 0. The van der Waals surface area contributed by atoms with Crippen molar-refractivity contribution in [1.82, 2.24) is 15.1 Å². The standard InChI is InChI=1S/C24H30ClN3O3S2/c1-2-31-20(29)15-26-24(32)28-13-9-17(10-14-28)16-7-11-27(12-8-16)23(30)22-21(25)18-5-3-4-6-19(18)33-22/h3-6,16-17H,2,7-15H2,1H3,(H,26,32). The number of likely N-dealkylation sites (tertiary alicyclic amines) is 2. The van der Waals surface area contributed by atoms with Crippen molar-refractivity contribution in [2.24, 2.45) is 11.8 Å². The largest absolute Gasteiger partial charge is 0.465 e. The molecule has 1 amide bonds. The Balaban J connectivity index is 1.24. The van der Waals surface area contributed by atoms with E-state index in [0.29, 0.717) is 33.5 Å². The lowest BCUT2D eigenvalue weighted by Crippen LogP contribution is -2.47. The zero-order valence-corrected chi connectivity index (χ0v) is 21.2. The highest BCUT2D eigenvalue weighted by Gasteiger charge is 2.32. The van der Waals surface area contributed by atoms with Crippen molar-refractivity contribution in [2.75, 3.05) is 39.3 Å². The van der Waals surface area contributed by atoms with Crippen LogP contribution in [0.2, 0.25) is 5.02 Å². The average Bonchev–Trinajstić information content (AvgIpc) is 3.19. The van der Waals surface area contributed by atoms with Gasteiger partial charge in [0.25, 0.3) is 5.91 Å². The Labute approximate surface area is 209 Å². The van der Waals surface area contributed by atoms with Gasteiger partial charge in [0.1, 0.15) is 11.4 Å². The van der Waals surface area contributed by atoms with Crippen LogP contribution >= 0.6 is 35.2 Å². The Kier molecular flexibility index (Phi) is 8.09. The van der Waals surface area contributed by atoms with E-state index in [1.165, 1.54) is 11.3 Å². The van der Waals surface area contributed by atoms with Crippen molar-refractivity contribution in [3.63, 3.8) is 0 Å². The van der Waals surface area contributed by atoms with E-state index in [-0.39, 0.29) is 18.4 Å². The molecule has 0 saturated carbocycles. The van der Waals surface area contributed by atoms with Gasteiger partial charge in [-0.3, -0.25) is 9.59 Å². The molecule has 2 fully saturated rings. The minimum absolute atomic E-state index is 0.0625. The molecule has 178 valence electrons. The van der Waals surface area contributed by atoms with Crippen LogP contribution in [0, 0.1) is 11.8 Å². The van der Waals surface area contributed by atoms with E-state index < -0.39 is 0 Å². The maximum Gasteiger partial charge on any atom is 0.325 e. The lowest BCUT2D eigenvalue weighted by atomic mass is 9.79. The Hall–Kier alpha value is -1.90. The first-order valence-electron chi connectivity index (χ1n) is 11.6. The van der Waals surface area contributed by atoms with E-state index in [9.17, 15) is 9.59 Å². The van der Waals surface area contributed by atoms with Gasteiger partial charge < -0.3 is 19.9 Å². The topological polar surface area (TPSA) is 61.9 Å². The molecule has 2 aliphatic rings. The van der Waals surface area contributed by atoms with Crippen LogP contribution in [0.3, 0.4) is 0 Å². The first kappa shape index (κ1) is 24.2. The molecule has 9 heteroatoms. The number of thiophene rings is 1.